The minimum absolute atomic E-state index is 0.224. The van der Waals surface area contributed by atoms with Gasteiger partial charge in [-0.05, 0) is 19.1 Å². The summed E-state index contributed by atoms with van der Waals surface area (Å²) in [5.74, 6) is 0.315. The van der Waals surface area contributed by atoms with Crippen LogP contribution in [0.5, 0.6) is 0 Å². The molecule has 1 aromatic carbocycles. The van der Waals surface area contributed by atoms with Crippen LogP contribution in [0.4, 0.5) is 11.5 Å². The number of fused-ring (bicyclic) bond motifs is 1. The van der Waals surface area contributed by atoms with Gasteiger partial charge < -0.3 is 11.1 Å². The second-order valence-corrected chi connectivity index (χ2v) is 5.03. The van der Waals surface area contributed by atoms with Crippen molar-refractivity contribution in [2.24, 2.45) is 5.73 Å². The summed E-state index contributed by atoms with van der Waals surface area (Å²) in [5, 5.41) is 8.30. The van der Waals surface area contributed by atoms with Crippen molar-refractivity contribution in [3.05, 3.63) is 42.4 Å². The standard InChI is InChI=1S/C15H16N6O/c1-10-2-4-11(5-3-10)20-14-12-8-19-21(7-6-13(16)22)15(12)18-9-17-14/h2-5,8-9H,6-7H2,1H3,(H2,16,22)(H,17,18,20). The van der Waals surface area contributed by atoms with E-state index in [-0.39, 0.29) is 12.3 Å². The summed E-state index contributed by atoms with van der Waals surface area (Å²) in [6, 6.07) is 8.02. The van der Waals surface area contributed by atoms with Crippen molar-refractivity contribution in [3.63, 3.8) is 0 Å². The number of carbonyl (C=O) groups excluding carboxylic acids is 1. The maximum absolute atomic E-state index is 10.9. The molecule has 0 spiro atoms. The summed E-state index contributed by atoms with van der Waals surface area (Å²) in [5.41, 5.74) is 7.98. The second kappa shape index (κ2) is 5.80. The molecule has 22 heavy (non-hydrogen) atoms. The van der Waals surface area contributed by atoms with Crippen LogP contribution in [0.15, 0.2) is 36.8 Å². The van der Waals surface area contributed by atoms with Crippen molar-refractivity contribution >= 4 is 28.4 Å². The molecule has 0 saturated heterocycles. The summed E-state index contributed by atoms with van der Waals surface area (Å²) in [6.07, 6.45) is 3.38. The van der Waals surface area contributed by atoms with E-state index in [1.54, 1.807) is 10.9 Å². The maximum Gasteiger partial charge on any atom is 0.219 e. The Bertz CT molecular complexity index is 809. The van der Waals surface area contributed by atoms with E-state index in [0.717, 1.165) is 11.1 Å². The molecule has 0 aliphatic rings. The van der Waals surface area contributed by atoms with Crippen LogP contribution in [0.1, 0.15) is 12.0 Å². The van der Waals surface area contributed by atoms with E-state index in [0.29, 0.717) is 18.0 Å². The van der Waals surface area contributed by atoms with Crippen molar-refractivity contribution in [1.82, 2.24) is 19.7 Å². The molecular weight excluding hydrogens is 280 g/mol. The number of anilines is 2. The molecule has 0 fully saturated rings. The lowest BCUT2D eigenvalue weighted by Crippen LogP contribution is -2.14. The third-order valence-corrected chi connectivity index (χ3v) is 3.32. The van der Waals surface area contributed by atoms with E-state index < -0.39 is 0 Å². The fourth-order valence-corrected chi connectivity index (χ4v) is 2.15. The lowest BCUT2D eigenvalue weighted by molar-refractivity contribution is -0.118. The Morgan fingerprint density at radius 1 is 1.27 bits per heavy atom. The molecule has 112 valence electrons. The van der Waals surface area contributed by atoms with Gasteiger partial charge in [0, 0.05) is 12.1 Å². The number of amides is 1. The van der Waals surface area contributed by atoms with Gasteiger partial charge in [0.1, 0.15) is 12.1 Å². The first kappa shape index (κ1) is 14.0. The first-order chi connectivity index (χ1) is 10.6. The molecule has 0 unspecified atom stereocenters. The number of primary amides is 1. The summed E-state index contributed by atoms with van der Waals surface area (Å²) in [4.78, 5) is 19.4. The van der Waals surface area contributed by atoms with Gasteiger partial charge in [-0.3, -0.25) is 4.79 Å². The fourth-order valence-electron chi connectivity index (χ4n) is 2.15. The van der Waals surface area contributed by atoms with Gasteiger partial charge in [-0.25, -0.2) is 14.6 Å². The van der Waals surface area contributed by atoms with Crippen molar-refractivity contribution < 1.29 is 4.79 Å². The number of carbonyl (C=O) groups is 1. The average Bonchev–Trinajstić information content (AvgIpc) is 2.92. The van der Waals surface area contributed by atoms with Crippen LogP contribution in [-0.4, -0.2) is 25.7 Å². The van der Waals surface area contributed by atoms with E-state index in [4.69, 9.17) is 5.73 Å². The number of aromatic nitrogens is 4. The largest absolute Gasteiger partial charge is 0.370 e. The number of benzene rings is 1. The molecule has 0 aliphatic carbocycles. The summed E-state index contributed by atoms with van der Waals surface area (Å²) in [6.45, 7) is 2.44. The van der Waals surface area contributed by atoms with Gasteiger partial charge in [-0.15, -0.1) is 0 Å². The van der Waals surface area contributed by atoms with Gasteiger partial charge in [-0.1, -0.05) is 17.7 Å². The van der Waals surface area contributed by atoms with Crippen molar-refractivity contribution in [3.8, 4) is 0 Å². The van der Waals surface area contributed by atoms with Gasteiger partial charge >= 0.3 is 0 Å². The summed E-state index contributed by atoms with van der Waals surface area (Å²) < 4.78 is 1.65. The zero-order valence-corrected chi connectivity index (χ0v) is 12.2. The third-order valence-electron chi connectivity index (χ3n) is 3.32. The van der Waals surface area contributed by atoms with Gasteiger partial charge in [0.05, 0.1) is 18.1 Å². The average molecular weight is 296 g/mol. The molecule has 3 aromatic rings. The van der Waals surface area contributed by atoms with E-state index in [9.17, 15) is 4.79 Å². The Labute approximate surface area is 127 Å². The molecule has 0 atom stereocenters. The zero-order chi connectivity index (χ0) is 15.5. The van der Waals surface area contributed by atoms with Crippen LogP contribution in [0.2, 0.25) is 0 Å². The topological polar surface area (TPSA) is 98.7 Å². The van der Waals surface area contributed by atoms with Gasteiger partial charge in [0.2, 0.25) is 5.91 Å². The molecule has 0 bridgehead atoms. The number of nitrogens with zero attached hydrogens (tertiary/aromatic N) is 4. The molecule has 7 nitrogen and oxygen atoms in total. The highest BCUT2D eigenvalue weighted by atomic mass is 16.1. The molecule has 7 heteroatoms. The number of nitrogens with two attached hydrogens (primary N) is 1. The van der Waals surface area contributed by atoms with Crippen molar-refractivity contribution in [2.75, 3.05) is 5.32 Å². The molecule has 2 heterocycles. The monoisotopic (exact) mass is 296 g/mol. The first-order valence-electron chi connectivity index (χ1n) is 6.92. The highest BCUT2D eigenvalue weighted by Gasteiger charge is 2.10. The Balaban J connectivity index is 1.90. The molecule has 3 rings (SSSR count). The lowest BCUT2D eigenvalue weighted by Gasteiger charge is -2.07. The predicted molar refractivity (Wildman–Crippen MR) is 83.6 cm³/mol. The minimum Gasteiger partial charge on any atom is -0.370 e. The Morgan fingerprint density at radius 2 is 2.05 bits per heavy atom. The highest BCUT2D eigenvalue weighted by Crippen LogP contribution is 2.22. The Kier molecular flexibility index (Phi) is 3.69. The van der Waals surface area contributed by atoms with Crippen LogP contribution in [0.3, 0.4) is 0 Å². The van der Waals surface area contributed by atoms with Gasteiger partial charge in [0.25, 0.3) is 0 Å². The normalized spacial score (nSPS) is 10.8. The number of nitrogens with one attached hydrogen (secondary N) is 1. The molecule has 0 aliphatic heterocycles. The van der Waals surface area contributed by atoms with Gasteiger partial charge in [0.15, 0.2) is 5.65 Å². The first-order valence-corrected chi connectivity index (χ1v) is 6.92. The van der Waals surface area contributed by atoms with E-state index in [1.807, 2.05) is 31.2 Å². The third kappa shape index (κ3) is 2.88. The smallest absolute Gasteiger partial charge is 0.219 e. The SMILES string of the molecule is Cc1ccc(Nc2ncnc3c2cnn3CCC(N)=O)cc1. The molecular formula is C15H16N6O. The molecule has 1 amide bonds. The lowest BCUT2D eigenvalue weighted by atomic mass is 10.2. The summed E-state index contributed by atoms with van der Waals surface area (Å²) in [7, 11) is 0. The molecule has 3 N–H and O–H groups in total. The maximum atomic E-state index is 10.9. The van der Waals surface area contributed by atoms with Gasteiger partial charge in [-0.2, -0.15) is 5.10 Å². The van der Waals surface area contributed by atoms with Crippen LogP contribution in [0, 0.1) is 6.92 Å². The minimum atomic E-state index is -0.365. The number of rotatable bonds is 5. The highest BCUT2D eigenvalue weighted by molar-refractivity contribution is 5.88. The van der Waals surface area contributed by atoms with E-state index in [2.05, 4.69) is 20.4 Å². The zero-order valence-electron chi connectivity index (χ0n) is 12.2. The second-order valence-electron chi connectivity index (χ2n) is 5.03. The Morgan fingerprint density at radius 3 is 2.77 bits per heavy atom. The van der Waals surface area contributed by atoms with Crippen molar-refractivity contribution in [2.45, 2.75) is 19.9 Å². The summed E-state index contributed by atoms with van der Waals surface area (Å²) >= 11 is 0. The van der Waals surface area contributed by atoms with E-state index >= 15 is 0 Å². The predicted octanol–water partition coefficient (Wildman–Crippen LogP) is 1.75. The van der Waals surface area contributed by atoms with Crippen LogP contribution in [-0.2, 0) is 11.3 Å². The molecule has 0 radical (unpaired) electrons. The molecule has 2 aromatic heterocycles. The van der Waals surface area contributed by atoms with Crippen LogP contribution in [0.25, 0.3) is 11.0 Å². The van der Waals surface area contributed by atoms with Crippen molar-refractivity contribution in [1.29, 1.82) is 0 Å². The number of aryl methyl sites for hydroxylation is 2. The number of hydrogen-bond acceptors (Lipinski definition) is 5. The van der Waals surface area contributed by atoms with E-state index in [1.165, 1.54) is 11.9 Å². The number of hydrogen-bond donors (Lipinski definition) is 2. The quantitative estimate of drug-likeness (QED) is 0.747. The Hall–Kier alpha value is -2.96. The van der Waals surface area contributed by atoms with Crippen LogP contribution >= 0.6 is 0 Å². The van der Waals surface area contributed by atoms with Crippen LogP contribution < -0.4 is 11.1 Å². The molecule has 0 saturated carbocycles. The fraction of sp³-hybridized carbons (Fsp3) is 0.200.